The number of ether oxygens (including phenoxy) is 1. The predicted octanol–water partition coefficient (Wildman–Crippen LogP) is 3.87. The number of aliphatic imine (C=N–C) groups is 2. The number of amides is 3. The minimum atomic E-state index is -0.905. The number of thioether (sulfide) groups is 1. The summed E-state index contributed by atoms with van der Waals surface area (Å²) in [5.74, 6) is -0.508. The number of para-hydroxylation sites is 2. The van der Waals surface area contributed by atoms with Gasteiger partial charge in [0.1, 0.15) is 23.4 Å². The number of hydrogen-bond acceptors (Lipinski definition) is 7. The second-order valence-corrected chi connectivity index (χ2v) is 9.65. The first-order valence-electron chi connectivity index (χ1n) is 12.1. The Hall–Kier alpha value is -4.51. The Kier molecular flexibility index (Phi) is 7.69. The number of fused-ring (bicyclic) bond motifs is 3. The second kappa shape index (κ2) is 11.5. The molecule has 0 aliphatic carbocycles. The smallest absolute Gasteiger partial charge is 0.271 e. The normalized spacial score (nSPS) is 15.6. The van der Waals surface area contributed by atoms with E-state index in [9.17, 15) is 18.8 Å². The number of carbonyl (C=O) groups is 3. The lowest BCUT2D eigenvalue weighted by molar-refractivity contribution is -0.126. The molecule has 0 saturated carbocycles. The van der Waals surface area contributed by atoms with Gasteiger partial charge in [0.2, 0.25) is 11.8 Å². The number of hydrogen-bond donors (Lipinski definition) is 2. The van der Waals surface area contributed by atoms with E-state index in [1.165, 1.54) is 24.3 Å². The quantitative estimate of drug-likeness (QED) is 0.445. The summed E-state index contributed by atoms with van der Waals surface area (Å²) in [4.78, 5) is 49.1. The van der Waals surface area contributed by atoms with E-state index in [1.807, 2.05) is 36.4 Å². The summed E-state index contributed by atoms with van der Waals surface area (Å²) in [5, 5.41) is 5.94. The highest BCUT2D eigenvalue weighted by atomic mass is 32.2. The molecule has 39 heavy (non-hydrogen) atoms. The Bertz CT molecular complexity index is 1490. The van der Waals surface area contributed by atoms with Crippen molar-refractivity contribution in [2.75, 3.05) is 18.2 Å². The molecular formula is C28H24FN5O4S. The Balaban J connectivity index is 1.30. The van der Waals surface area contributed by atoms with Gasteiger partial charge in [-0.1, -0.05) is 42.1 Å². The van der Waals surface area contributed by atoms with Crippen LogP contribution in [0.2, 0.25) is 0 Å². The summed E-state index contributed by atoms with van der Waals surface area (Å²) in [6.07, 6.45) is -0.148. The maximum absolute atomic E-state index is 13.2. The molecule has 0 fully saturated rings. The first-order chi connectivity index (χ1) is 18.9. The third kappa shape index (κ3) is 5.83. The van der Waals surface area contributed by atoms with Crippen LogP contribution in [0.25, 0.3) is 0 Å². The lowest BCUT2D eigenvalue weighted by atomic mass is 10.1. The second-order valence-electron chi connectivity index (χ2n) is 8.71. The van der Waals surface area contributed by atoms with E-state index >= 15 is 0 Å². The molecule has 1 unspecified atom stereocenters. The van der Waals surface area contributed by atoms with Crippen molar-refractivity contribution < 1.29 is 23.5 Å². The average Bonchev–Trinajstić information content (AvgIpc) is 3.27. The van der Waals surface area contributed by atoms with Crippen LogP contribution in [0.1, 0.15) is 17.5 Å². The molecule has 0 saturated heterocycles. The first-order valence-corrected chi connectivity index (χ1v) is 13.1. The minimum Gasteiger partial charge on any atom is -0.496 e. The number of benzene rings is 3. The molecule has 0 bridgehead atoms. The monoisotopic (exact) mass is 545 g/mol. The number of nitrogens with one attached hydrogen (secondary N) is 2. The van der Waals surface area contributed by atoms with Gasteiger partial charge in [0.25, 0.3) is 5.91 Å². The van der Waals surface area contributed by atoms with Crippen LogP contribution in [0.4, 0.5) is 15.8 Å². The van der Waals surface area contributed by atoms with Crippen molar-refractivity contribution in [3.63, 3.8) is 0 Å². The van der Waals surface area contributed by atoms with Gasteiger partial charge in [0.05, 0.1) is 25.0 Å². The van der Waals surface area contributed by atoms with Crippen LogP contribution in [-0.4, -0.2) is 52.5 Å². The van der Waals surface area contributed by atoms with E-state index < -0.39 is 17.8 Å². The molecule has 0 spiro atoms. The molecule has 3 amide bonds. The lowest BCUT2D eigenvalue weighted by Crippen LogP contribution is -2.46. The number of rotatable bonds is 8. The van der Waals surface area contributed by atoms with Gasteiger partial charge in [0.15, 0.2) is 5.17 Å². The van der Waals surface area contributed by atoms with Gasteiger partial charge in [-0.2, -0.15) is 4.99 Å². The zero-order valence-corrected chi connectivity index (χ0v) is 21.7. The molecule has 2 aliphatic rings. The molecule has 2 N–H and O–H groups in total. The molecule has 3 aromatic rings. The zero-order chi connectivity index (χ0) is 27.4. The van der Waals surface area contributed by atoms with Crippen LogP contribution in [0, 0.1) is 5.82 Å². The summed E-state index contributed by atoms with van der Waals surface area (Å²) in [7, 11) is 1.56. The standard InChI is InChI=1S/C28H24FN5O4S/c1-38-23-9-5-2-6-17(23)15-30-24(35)14-22-27(37)33-26-20-7-3-4-8-21(20)32-28(34(22)26)39-16-25(36)31-19-12-10-18(29)11-13-19/h2-13,22H,14-16H2,1H3,(H,30,35)(H,31,36). The highest BCUT2D eigenvalue weighted by molar-refractivity contribution is 8.14. The van der Waals surface area contributed by atoms with Gasteiger partial charge in [-0.3, -0.25) is 19.3 Å². The fourth-order valence-electron chi connectivity index (χ4n) is 4.25. The number of halogens is 1. The number of anilines is 1. The Labute approximate surface area is 228 Å². The number of amidine groups is 2. The summed E-state index contributed by atoms with van der Waals surface area (Å²) < 4.78 is 18.5. The van der Waals surface area contributed by atoms with E-state index in [2.05, 4.69) is 20.6 Å². The van der Waals surface area contributed by atoms with Crippen LogP contribution < -0.4 is 15.4 Å². The predicted molar refractivity (Wildman–Crippen MR) is 148 cm³/mol. The molecule has 2 aliphatic heterocycles. The highest BCUT2D eigenvalue weighted by Crippen LogP contribution is 2.35. The molecular weight excluding hydrogens is 521 g/mol. The highest BCUT2D eigenvalue weighted by Gasteiger charge is 2.42. The van der Waals surface area contributed by atoms with E-state index in [0.29, 0.717) is 33.7 Å². The average molecular weight is 546 g/mol. The molecule has 0 aromatic heterocycles. The van der Waals surface area contributed by atoms with Crippen LogP contribution in [0.15, 0.2) is 82.8 Å². The molecule has 3 aromatic carbocycles. The van der Waals surface area contributed by atoms with E-state index in [1.54, 1.807) is 24.1 Å². The van der Waals surface area contributed by atoms with Gasteiger partial charge in [-0.25, -0.2) is 9.38 Å². The van der Waals surface area contributed by atoms with Crippen LogP contribution in [-0.2, 0) is 20.9 Å². The largest absolute Gasteiger partial charge is 0.496 e. The molecule has 1 atom stereocenters. The molecule has 5 rings (SSSR count). The number of carbonyl (C=O) groups excluding carboxylic acids is 3. The molecule has 9 nitrogen and oxygen atoms in total. The van der Waals surface area contributed by atoms with Crippen molar-refractivity contribution in [3.05, 3.63) is 89.7 Å². The number of nitrogens with zero attached hydrogens (tertiary/aromatic N) is 3. The zero-order valence-electron chi connectivity index (χ0n) is 20.9. The van der Waals surface area contributed by atoms with Crippen molar-refractivity contribution >= 4 is 51.9 Å². The van der Waals surface area contributed by atoms with Gasteiger partial charge in [-0.15, -0.1) is 0 Å². The van der Waals surface area contributed by atoms with E-state index in [4.69, 9.17) is 4.74 Å². The Morgan fingerprint density at radius 3 is 2.54 bits per heavy atom. The van der Waals surface area contributed by atoms with Crippen molar-refractivity contribution in [1.82, 2.24) is 10.2 Å². The minimum absolute atomic E-state index is 0.0247. The van der Waals surface area contributed by atoms with Gasteiger partial charge < -0.3 is 15.4 Å². The van der Waals surface area contributed by atoms with Crippen LogP contribution >= 0.6 is 11.8 Å². The molecule has 0 radical (unpaired) electrons. The lowest BCUT2D eigenvalue weighted by Gasteiger charge is -2.30. The van der Waals surface area contributed by atoms with Gasteiger partial charge >= 0.3 is 0 Å². The van der Waals surface area contributed by atoms with Crippen LogP contribution in [0.5, 0.6) is 5.75 Å². The summed E-state index contributed by atoms with van der Waals surface area (Å²) in [5.41, 5.74) is 2.55. The maximum Gasteiger partial charge on any atom is 0.271 e. The van der Waals surface area contributed by atoms with Gasteiger partial charge in [-0.05, 0) is 42.5 Å². The molecule has 2 heterocycles. The summed E-state index contributed by atoms with van der Waals surface area (Å²) in [6, 6.07) is 19.1. The third-order valence-electron chi connectivity index (χ3n) is 6.12. The van der Waals surface area contributed by atoms with Gasteiger partial charge in [0, 0.05) is 23.4 Å². The third-order valence-corrected chi connectivity index (χ3v) is 7.07. The topological polar surface area (TPSA) is 112 Å². The summed E-state index contributed by atoms with van der Waals surface area (Å²) >= 11 is 1.12. The molecule has 198 valence electrons. The van der Waals surface area contributed by atoms with Crippen molar-refractivity contribution in [2.24, 2.45) is 9.98 Å². The van der Waals surface area contributed by atoms with Crippen molar-refractivity contribution in [1.29, 1.82) is 0 Å². The van der Waals surface area contributed by atoms with Crippen LogP contribution in [0.3, 0.4) is 0 Å². The Morgan fingerprint density at radius 1 is 1.00 bits per heavy atom. The Morgan fingerprint density at radius 2 is 1.74 bits per heavy atom. The fraction of sp³-hybridized carbons (Fsp3) is 0.179. The number of methoxy groups -OCH3 is 1. The first kappa shape index (κ1) is 26.1. The van der Waals surface area contributed by atoms with Crippen molar-refractivity contribution in [2.45, 2.75) is 19.0 Å². The SMILES string of the molecule is COc1ccccc1CNC(=O)CC1C(=O)N=C2c3ccccc3N=C(SCC(=O)Nc3ccc(F)cc3)N21. The maximum atomic E-state index is 13.2. The molecule has 11 heteroatoms. The van der Waals surface area contributed by atoms with Crippen molar-refractivity contribution in [3.8, 4) is 5.75 Å². The fourth-order valence-corrected chi connectivity index (χ4v) is 5.10. The van der Waals surface area contributed by atoms with E-state index in [0.717, 1.165) is 17.3 Å². The van der Waals surface area contributed by atoms with E-state index in [-0.39, 0.29) is 30.5 Å². The summed E-state index contributed by atoms with van der Waals surface area (Å²) in [6.45, 7) is 0.236.